The first-order valence-corrected chi connectivity index (χ1v) is 4.57. The Bertz CT molecular complexity index is 443. The molecule has 2 nitrogen and oxygen atoms in total. The molecule has 0 spiro atoms. The van der Waals surface area contributed by atoms with E-state index in [1.165, 1.54) is 11.1 Å². The lowest BCUT2D eigenvalue weighted by atomic mass is 10.1. The molecule has 0 unspecified atom stereocenters. The van der Waals surface area contributed by atoms with Crippen molar-refractivity contribution in [2.45, 2.75) is 27.2 Å². The van der Waals surface area contributed by atoms with E-state index in [1.807, 2.05) is 6.92 Å². The normalized spacial score (nSPS) is 11.0. The van der Waals surface area contributed by atoms with Crippen LogP contribution in [-0.2, 0) is 6.42 Å². The van der Waals surface area contributed by atoms with Crippen molar-refractivity contribution in [3.63, 3.8) is 0 Å². The van der Waals surface area contributed by atoms with Crippen molar-refractivity contribution in [1.82, 2.24) is 4.98 Å². The number of rotatable bonds is 1. The number of aromatic nitrogens is 1. The molecule has 2 aromatic rings. The molecule has 0 fully saturated rings. The van der Waals surface area contributed by atoms with Gasteiger partial charge in [-0.1, -0.05) is 13.0 Å². The average Bonchev–Trinajstić information content (AvgIpc) is 2.47. The van der Waals surface area contributed by atoms with Crippen LogP contribution in [0, 0.1) is 13.8 Å². The molecular formula is C11H13NO. The largest absolute Gasteiger partial charge is 0.440 e. The summed E-state index contributed by atoms with van der Waals surface area (Å²) in [5.74, 6) is 0.823. The molecule has 0 N–H and O–H groups in total. The third kappa shape index (κ3) is 1.32. The van der Waals surface area contributed by atoms with E-state index in [-0.39, 0.29) is 0 Å². The number of nitrogens with zero attached hydrogens (tertiary/aromatic N) is 1. The summed E-state index contributed by atoms with van der Waals surface area (Å²) in [6, 6.07) is 4.18. The number of aryl methyl sites for hydroxylation is 3. The second-order valence-corrected chi connectivity index (χ2v) is 3.39. The summed E-state index contributed by atoms with van der Waals surface area (Å²) in [6.45, 7) is 6.18. The third-order valence-electron chi connectivity index (χ3n) is 2.17. The van der Waals surface area contributed by atoms with Gasteiger partial charge in [-0.2, -0.15) is 0 Å². The molecule has 1 aromatic heterocycles. The van der Waals surface area contributed by atoms with E-state index >= 15 is 0 Å². The summed E-state index contributed by atoms with van der Waals surface area (Å²) in [4.78, 5) is 4.39. The molecule has 1 aromatic carbocycles. The van der Waals surface area contributed by atoms with Gasteiger partial charge in [0.15, 0.2) is 11.5 Å². The Morgan fingerprint density at radius 1 is 1.31 bits per heavy atom. The van der Waals surface area contributed by atoms with Crippen molar-refractivity contribution in [3.8, 4) is 0 Å². The Hall–Kier alpha value is -1.31. The second-order valence-electron chi connectivity index (χ2n) is 3.39. The minimum absolute atomic E-state index is 0.823. The van der Waals surface area contributed by atoms with Crippen LogP contribution in [0.3, 0.4) is 0 Å². The van der Waals surface area contributed by atoms with Gasteiger partial charge in [0, 0.05) is 6.42 Å². The number of benzene rings is 1. The molecule has 0 aliphatic carbocycles. The Kier molecular flexibility index (Phi) is 1.83. The van der Waals surface area contributed by atoms with Gasteiger partial charge >= 0.3 is 0 Å². The standard InChI is InChI=1S/C11H13NO/c1-4-10-12-9-6-7(2)5-8(3)11(9)13-10/h5-6H,4H2,1-3H3. The molecule has 2 heteroatoms. The Morgan fingerprint density at radius 2 is 2.08 bits per heavy atom. The van der Waals surface area contributed by atoms with E-state index in [9.17, 15) is 0 Å². The third-order valence-corrected chi connectivity index (χ3v) is 2.17. The van der Waals surface area contributed by atoms with Gasteiger partial charge in [-0.25, -0.2) is 4.98 Å². The molecule has 0 radical (unpaired) electrons. The van der Waals surface area contributed by atoms with Crippen LogP contribution in [0.2, 0.25) is 0 Å². The van der Waals surface area contributed by atoms with Gasteiger partial charge in [0.2, 0.25) is 0 Å². The Morgan fingerprint density at radius 3 is 2.77 bits per heavy atom. The smallest absolute Gasteiger partial charge is 0.195 e. The van der Waals surface area contributed by atoms with Gasteiger partial charge in [0.25, 0.3) is 0 Å². The van der Waals surface area contributed by atoms with Crippen LogP contribution in [0.25, 0.3) is 11.1 Å². The van der Waals surface area contributed by atoms with Gasteiger partial charge in [0.1, 0.15) is 5.52 Å². The first-order chi connectivity index (χ1) is 6.20. The van der Waals surface area contributed by atoms with Crippen LogP contribution in [0.15, 0.2) is 16.5 Å². The number of hydrogen-bond donors (Lipinski definition) is 0. The summed E-state index contributed by atoms with van der Waals surface area (Å²) in [5, 5.41) is 0. The minimum atomic E-state index is 0.823. The zero-order valence-corrected chi connectivity index (χ0v) is 8.22. The summed E-state index contributed by atoms with van der Waals surface area (Å²) < 4.78 is 5.59. The maximum Gasteiger partial charge on any atom is 0.195 e. The summed E-state index contributed by atoms with van der Waals surface area (Å²) in [7, 11) is 0. The highest BCUT2D eigenvalue weighted by Crippen LogP contribution is 2.21. The average molecular weight is 175 g/mol. The molecule has 0 amide bonds. The molecular weight excluding hydrogens is 162 g/mol. The van der Waals surface area contributed by atoms with E-state index < -0.39 is 0 Å². The lowest BCUT2D eigenvalue weighted by Crippen LogP contribution is -1.78. The quantitative estimate of drug-likeness (QED) is 0.665. The molecule has 2 rings (SSSR count). The minimum Gasteiger partial charge on any atom is -0.440 e. The second kappa shape index (κ2) is 2.87. The molecule has 0 saturated heterocycles. The molecule has 0 aliphatic rings. The Labute approximate surface area is 77.6 Å². The molecule has 0 aliphatic heterocycles. The van der Waals surface area contributed by atoms with Crippen LogP contribution in [0.4, 0.5) is 0 Å². The lowest BCUT2D eigenvalue weighted by Gasteiger charge is -1.94. The van der Waals surface area contributed by atoms with E-state index in [0.29, 0.717) is 0 Å². The highest BCUT2D eigenvalue weighted by molar-refractivity contribution is 5.77. The van der Waals surface area contributed by atoms with E-state index in [1.54, 1.807) is 0 Å². The van der Waals surface area contributed by atoms with Gasteiger partial charge in [-0.3, -0.25) is 0 Å². The van der Waals surface area contributed by atoms with Crippen LogP contribution in [0.1, 0.15) is 23.9 Å². The molecule has 0 atom stereocenters. The first-order valence-electron chi connectivity index (χ1n) is 4.57. The van der Waals surface area contributed by atoms with E-state index in [2.05, 4.69) is 31.0 Å². The van der Waals surface area contributed by atoms with Gasteiger partial charge in [0.05, 0.1) is 0 Å². The SMILES string of the molecule is CCc1nc2cc(C)cc(C)c2o1. The van der Waals surface area contributed by atoms with E-state index in [4.69, 9.17) is 4.42 Å². The monoisotopic (exact) mass is 175 g/mol. The molecule has 0 bridgehead atoms. The number of fused-ring (bicyclic) bond motifs is 1. The fourth-order valence-electron chi connectivity index (χ4n) is 1.57. The van der Waals surface area contributed by atoms with Gasteiger partial charge < -0.3 is 4.42 Å². The van der Waals surface area contributed by atoms with Crippen LogP contribution in [-0.4, -0.2) is 4.98 Å². The van der Waals surface area contributed by atoms with Crippen molar-refractivity contribution in [2.24, 2.45) is 0 Å². The summed E-state index contributed by atoms with van der Waals surface area (Å²) in [5.41, 5.74) is 4.32. The zero-order chi connectivity index (χ0) is 9.42. The van der Waals surface area contributed by atoms with Crippen LogP contribution < -0.4 is 0 Å². The Balaban J connectivity index is 2.75. The van der Waals surface area contributed by atoms with Crippen molar-refractivity contribution in [3.05, 3.63) is 29.2 Å². The fraction of sp³-hybridized carbons (Fsp3) is 0.364. The molecule has 0 saturated carbocycles. The van der Waals surface area contributed by atoms with Crippen molar-refractivity contribution in [1.29, 1.82) is 0 Å². The summed E-state index contributed by atoms with van der Waals surface area (Å²) >= 11 is 0. The molecule has 68 valence electrons. The van der Waals surface area contributed by atoms with Crippen molar-refractivity contribution in [2.75, 3.05) is 0 Å². The molecule has 1 heterocycles. The van der Waals surface area contributed by atoms with Gasteiger partial charge in [-0.05, 0) is 31.0 Å². The number of hydrogen-bond acceptors (Lipinski definition) is 2. The molecule has 13 heavy (non-hydrogen) atoms. The topological polar surface area (TPSA) is 26.0 Å². The predicted molar refractivity (Wildman–Crippen MR) is 52.9 cm³/mol. The highest BCUT2D eigenvalue weighted by Gasteiger charge is 2.06. The van der Waals surface area contributed by atoms with Gasteiger partial charge in [-0.15, -0.1) is 0 Å². The summed E-state index contributed by atoms with van der Waals surface area (Å²) in [6.07, 6.45) is 0.854. The highest BCUT2D eigenvalue weighted by atomic mass is 16.3. The predicted octanol–water partition coefficient (Wildman–Crippen LogP) is 3.01. The van der Waals surface area contributed by atoms with E-state index in [0.717, 1.165) is 23.4 Å². The van der Waals surface area contributed by atoms with Crippen molar-refractivity contribution >= 4 is 11.1 Å². The van der Waals surface area contributed by atoms with Crippen LogP contribution in [0.5, 0.6) is 0 Å². The maximum absolute atomic E-state index is 5.59. The number of oxazole rings is 1. The first kappa shape index (κ1) is 8.30. The maximum atomic E-state index is 5.59. The fourth-order valence-corrected chi connectivity index (χ4v) is 1.57. The zero-order valence-electron chi connectivity index (χ0n) is 8.22. The van der Waals surface area contributed by atoms with Crippen molar-refractivity contribution < 1.29 is 4.42 Å². The lowest BCUT2D eigenvalue weighted by molar-refractivity contribution is 0.536. The van der Waals surface area contributed by atoms with Crippen LogP contribution >= 0.6 is 0 Å².